The highest BCUT2D eigenvalue weighted by atomic mass is 16.1. The third kappa shape index (κ3) is 2.96. The Hall–Kier alpha value is -2.41. The maximum absolute atomic E-state index is 11.9. The highest BCUT2D eigenvalue weighted by molar-refractivity contribution is 5.75. The van der Waals surface area contributed by atoms with Crippen LogP contribution in [0.25, 0.3) is 11.0 Å². The fourth-order valence-electron chi connectivity index (χ4n) is 4.16. The van der Waals surface area contributed by atoms with Crippen molar-refractivity contribution < 1.29 is 0 Å². The summed E-state index contributed by atoms with van der Waals surface area (Å²) in [5.74, 6) is 2.30. The van der Waals surface area contributed by atoms with E-state index in [2.05, 4.69) is 44.8 Å². The van der Waals surface area contributed by atoms with E-state index in [1.165, 1.54) is 5.52 Å². The monoisotopic (exact) mass is 354 g/mol. The number of benzene rings is 1. The van der Waals surface area contributed by atoms with Crippen molar-refractivity contribution in [3.05, 3.63) is 46.4 Å². The van der Waals surface area contributed by atoms with Gasteiger partial charge in [0.05, 0.1) is 17.6 Å². The van der Waals surface area contributed by atoms with Gasteiger partial charge in [-0.1, -0.05) is 12.1 Å². The minimum absolute atomic E-state index is 0.104. The zero-order valence-corrected chi connectivity index (χ0v) is 15.5. The molecule has 2 aromatic heterocycles. The molecule has 0 spiro atoms. The summed E-state index contributed by atoms with van der Waals surface area (Å²) in [5, 5.41) is 6.91. The molecule has 0 saturated carbocycles. The van der Waals surface area contributed by atoms with Crippen molar-refractivity contribution >= 4 is 11.0 Å². The molecular formula is C19H26N6O. The summed E-state index contributed by atoms with van der Waals surface area (Å²) in [6.45, 7) is 8.54. The average molecular weight is 354 g/mol. The van der Waals surface area contributed by atoms with Gasteiger partial charge in [-0.15, -0.1) is 0 Å². The smallest absolute Gasteiger partial charge is 0.327 e. The molecule has 0 unspecified atom stereocenters. The first-order valence-corrected chi connectivity index (χ1v) is 9.52. The number of aromatic nitrogens is 5. The number of hydrogen-bond donors (Lipinski definition) is 1. The molecule has 1 saturated heterocycles. The zero-order valence-electron chi connectivity index (χ0n) is 15.5. The number of H-pyrrole nitrogens is 1. The lowest BCUT2D eigenvalue weighted by Gasteiger charge is -2.32. The number of nitrogens with zero attached hydrogens (tertiary/aromatic N) is 5. The van der Waals surface area contributed by atoms with Gasteiger partial charge in [0.2, 0.25) is 0 Å². The zero-order chi connectivity index (χ0) is 18.1. The van der Waals surface area contributed by atoms with Crippen LogP contribution in [0.4, 0.5) is 0 Å². The standard InChI is InChI=1S/C19H26N6O/c1-3-24-16-10-6-5-9-15(16)20-17(24)13-23-11-7-8-14(12-23)18-21-22-19(26)25(18)4-2/h5-6,9-10,14H,3-4,7-8,11-13H2,1-2H3,(H,22,26)/t14-/m1/s1. The van der Waals surface area contributed by atoms with Gasteiger partial charge in [0.1, 0.15) is 11.6 Å². The number of imidazole rings is 1. The number of para-hydroxylation sites is 2. The second-order valence-corrected chi connectivity index (χ2v) is 6.97. The summed E-state index contributed by atoms with van der Waals surface area (Å²) in [6, 6.07) is 8.32. The van der Waals surface area contributed by atoms with Crippen molar-refractivity contribution in [2.24, 2.45) is 0 Å². The molecule has 1 N–H and O–H groups in total. The number of fused-ring (bicyclic) bond motifs is 1. The van der Waals surface area contributed by atoms with Gasteiger partial charge in [-0.05, 0) is 45.4 Å². The number of rotatable bonds is 5. The molecule has 7 nitrogen and oxygen atoms in total. The van der Waals surface area contributed by atoms with Crippen molar-refractivity contribution in [3.63, 3.8) is 0 Å². The van der Waals surface area contributed by atoms with Crippen LogP contribution < -0.4 is 5.69 Å². The highest BCUT2D eigenvalue weighted by Crippen LogP contribution is 2.26. The Morgan fingerprint density at radius 2 is 2.00 bits per heavy atom. The summed E-state index contributed by atoms with van der Waals surface area (Å²) < 4.78 is 4.06. The van der Waals surface area contributed by atoms with Gasteiger partial charge in [0.15, 0.2) is 0 Å². The van der Waals surface area contributed by atoms with Gasteiger partial charge >= 0.3 is 5.69 Å². The van der Waals surface area contributed by atoms with Gasteiger partial charge in [0, 0.05) is 25.6 Å². The quantitative estimate of drug-likeness (QED) is 0.763. The van der Waals surface area contributed by atoms with Crippen LogP contribution in [-0.2, 0) is 19.6 Å². The predicted octanol–water partition coefficient (Wildman–Crippen LogP) is 2.34. The Balaban J connectivity index is 1.56. The van der Waals surface area contributed by atoms with Crippen LogP contribution in [0.2, 0.25) is 0 Å². The average Bonchev–Trinajstić information content (AvgIpc) is 3.21. The van der Waals surface area contributed by atoms with Gasteiger partial charge < -0.3 is 4.57 Å². The van der Waals surface area contributed by atoms with E-state index in [9.17, 15) is 4.79 Å². The van der Waals surface area contributed by atoms with E-state index in [-0.39, 0.29) is 5.69 Å². The number of likely N-dealkylation sites (tertiary alicyclic amines) is 1. The van der Waals surface area contributed by atoms with Crippen LogP contribution >= 0.6 is 0 Å². The molecule has 1 fully saturated rings. The van der Waals surface area contributed by atoms with E-state index < -0.39 is 0 Å². The van der Waals surface area contributed by atoms with Crippen molar-refractivity contribution in [2.45, 2.75) is 52.2 Å². The summed E-state index contributed by atoms with van der Waals surface area (Å²) in [7, 11) is 0. The Kier molecular flexibility index (Phi) is 4.63. The van der Waals surface area contributed by atoms with E-state index in [0.29, 0.717) is 12.5 Å². The van der Waals surface area contributed by atoms with E-state index >= 15 is 0 Å². The lowest BCUT2D eigenvalue weighted by Crippen LogP contribution is -2.36. The molecule has 0 aliphatic carbocycles. The molecular weight excluding hydrogens is 328 g/mol. The van der Waals surface area contributed by atoms with E-state index in [1.807, 2.05) is 13.0 Å². The number of nitrogens with one attached hydrogen (secondary N) is 1. The predicted molar refractivity (Wildman–Crippen MR) is 101 cm³/mol. The third-order valence-electron chi connectivity index (χ3n) is 5.39. The molecule has 7 heteroatoms. The first-order chi connectivity index (χ1) is 12.7. The fourth-order valence-corrected chi connectivity index (χ4v) is 4.16. The molecule has 0 amide bonds. The SMILES string of the molecule is CCn1c([C@@H]2CCCN(Cc3nc4ccccc4n3CC)C2)n[nH]c1=O. The maximum atomic E-state index is 11.9. The first-order valence-electron chi connectivity index (χ1n) is 9.52. The molecule has 0 bridgehead atoms. The molecule has 1 aliphatic rings. The molecule has 1 aliphatic heterocycles. The van der Waals surface area contributed by atoms with E-state index in [1.54, 1.807) is 4.57 Å². The molecule has 3 heterocycles. The second-order valence-electron chi connectivity index (χ2n) is 6.97. The number of aromatic amines is 1. The van der Waals surface area contributed by atoms with Crippen molar-refractivity contribution in [1.82, 2.24) is 29.2 Å². The minimum Gasteiger partial charge on any atom is -0.327 e. The Labute approximate surface area is 152 Å². The number of piperidine rings is 1. The lowest BCUT2D eigenvalue weighted by atomic mass is 9.97. The topological polar surface area (TPSA) is 71.7 Å². The highest BCUT2D eigenvalue weighted by Gasteiger charge is 2.26. The van der Waals surface area contributed by atoms with Crippen LogP contribution in [0.5, 0.6) is 0 Å². The van der Waals surface area contributed by atoms with Crippen molar-refractivity contribution in [3.8, 4) is 0 Å². The molecule has 1 aromatic carbocycles. The van der Waals surface area contributed by atoms with Gasteiger partial charge in [0.25, 0.3) is 0 Å². The van der Waals surface area contributed by atoms with Crippen LogP contribution in [0.15, 0.2) is 29.1 Å². The van der Waals surface area contributed by atoms with E-state index in [0.717, 1.165) is 56.2 Å². The normalized spacial score (nSPS) is 18.6. The summed E-state index contributed by atoms with van der Waals surface area (Å²) in [6.07, 6.45) is 2.19. The van der Waals surface area contributed by atoms with Crippen LogP contribution in [0.1, 0.15) is 44.3 Å². The molecule has 1 atom stereocenters. The summed E-state index contributed by atoms with van der Waals surface area (Å²) in [5.41, 5.74) is 2.16. The van der Waals surface area contributed by atoms with Crippen LogP contribution in [-0.4, -0.2) is 42.3 Å². The first kappa shape index (κ1) is 17.0. The van der Waals surface area contributed by atoms with Crippen LogP contribution in [0.3, 0.4) is 0 Å². The molecule has 3 aromatic rings. The number of aryl methyl sites for hydroxylation is 1. The second kappa shape index (κ2) is 7.07. The lowest BCUT2D eigenvalue weighted by molar-refractivity contribution is 0.188. The molecule has 138 valence electrons. The fraction of sp³-hybridized carbons (Fsp3) is 0.526. The third-order valence-corrected chi connectivity index (χ3v) is 5.39. The largest absolute Gasteiger partial charge is 0.343 e. The Morgan fingerprint density at radius 1 is 1.19 bits per heavy atom. The van der Waals surface area contributed by atoms with Crippen molar-refractivity contribution in [1.29, 1.82) is 0 Å². The molecule has 26 heavy (non-hydrogen) atoms. The number of hydrogen-bond acceptors (Lipinski definition) is 4. The van der Waals surface area contributed by atoms with Gasteiger partial charge in [-0.25, -0.2) is 14.9 Å². The molecule has 4 rings (SSSR count). The maximum Gasteiger partial charge on any atom is 0.343 e. The van der Waals surface area contributed by atoms with Crippen LogP contribution in [0, 0.1) is 0 Å². The van der Waals surface area contributed by atoms with E-state index in [4.69, 9.17) is 4.98 Å². The van der Waals surface area contributed by atoms with Gasteiger partial charge in [-0.3, -0.25) is 9.47 Å². The summed E-state index contributed by atoms with van der Waals surface area (Å²) >= 11 is 0. The Bertz CT molecular complexity index is 952. The summed E-state index contributed by atoms with van der Waals surface area (Å²) in [4.78, 5) is 19.2. The molecule has 0 radical (unpaired) electrons. The Morgan fingerprint density at radius 3 is 2.81 bits per heavy atom. The van der Waals surface area contributed by atoms with Crippen molar-refractivity contribution in [2.75, 3.05) is 13.1 Å². The van der Waals surface area contributed by atoms with Gasteiger partial charge in [-0.2, -0.15) is 5.10 Å². The minimum atomic E-state index is -0.104.